The Labute approximate surface area is 68.8 Å². The number of rotatable bonds is 0. The second kappa shape index (κ2) is 1.36. The van der Waals surface area contributed by atoms with Crippen molar-refractivity contribution in [3.8, 4) is 0 Å². The van der Waals surface area contributed by atoms with Crippen molar-refractivity contribution in [2.24, 2.45) is 0 Å². The smallest absolute Gasteiger partial charge is 0.224 e. The highest BCUT2D eigenvalue weighted by molar-refractivity contribution is 6.33. The molecule has 3 aliphatic rings. The number of imide groups is 1. The van der Waals surface area contributed by atoms with Gasteiger partial charge < -0.3 is 0 Å². The predicted molar refractivity (Wildman–Crippen MR) is 42.8 cm³/mol. The van der Waals surface area contributed by atoms with Crippen LogP contribution in [0.25, 0.3) is 0 Å². The fourth-order valence-electron chi connectivity index (χ4n) is 1.98. The Kier molecular flexibility index (Phi) is 0.691. The summed E-state index contributed by atoms with van der Waals surface area (Å²) in [5.41, 5.74) is 1.98. The molecule has 0 radical (unpaired) electrons. The standard InChI is InChI=1S/C9H6NO2/c1-10-5-2-3-6(8(10)11)7(4-5)9(10)12/h2-4H,1H3/q+1. The van der Waals surface area contributed by atoms with Crippen LogP contribution in [-0.4, -0.2) is 18.9 Å². The Bertz CT molecular complexity index is 450. The Hall–Kier alpha value is -1.48. The number of carbonyl (C=O) groups excluding carboxylic acids is 2. The summed E-state index contributed by atoms with van der Waals surface area (Å²) in [5, 5.41) is 0. The Morgan fingerprint density at radius 3 is 2.17 bits per heavy atom. The van der Waals surface area contributed by atoms with E-state index in [9.17, 15) is 9.59 Å². The number of quaternary nitrogens is 1. The van der Waals surface area contributed by atoms with E-state index in [0.29, 0.717) is 11.1 Å². The summed E-state index contributed by atoms with van der Waals surface area (Å²) < 4.78 is -0.152. The van der Waals surface area contributed by atoms with E-state index in [1.807, 2.05) is 6.07 Å². The molecule has 3 nitrogen and oxygen atoms in total. The van der Waals surface area contributed by atoms with Crippen LogP contribution in [0.15, 0.2) is 18.2 Å². The van der Waals surface area contributed by atoms with Crippen molar-refractivity contribution >= 4 is 17.5 Å². The Morgan fingerprint density at radius 1 is 1.08 bits per heavy atom. The average Bonchev–Trinajstić information content (AvgIpc) is 2.38. The van der Waals surface area contributed by atoms with Gasteiger partial charge in [0.1, 0.15) is 11.3 Å². The normalized spacial score (nSPS) is 29.1. The molecule has 1 aromatic rings. The van der Waals surface area contributed by atoms with Gasteiger partial charge in [-0.1, -0.05) is 0 Å². The van der Waals surface area contributed by atoms with Crippen LogP contribution < -0.4 is 4.48 Å². The molecular weight excluding hydrogens is 154 g/mol. The van der Waals surface area contributed by atoms with Crippen molar-refractivity contribution in [3.05, 3.63) is 29.3 Å². The van der Waals surface area contributed by atoms with Crippen molar-refractivity contribution in [1.82, 2.24) is 4.48 Å². The zero-order chi connectivity index (χ0) is 8.51. The first-order valence-corrected chi connectivity index (χ1v) is 3.76. The van der Waals surface area contributed by atoms with E-state index in [-0.39, 0.29) is 16.3 Å². The van der Waals surface area contributed by atoms with Gasteiger partial charge in [0.25, 0.3) is 0 Å². The van der Waals surface area contributed by atoms with Crippen molar-refractivity contribution in [2.45, 2.75) is 0 Å². The van der Waals surface area contributed by atoms with E-state index in [0.717, 1.165) is 5.69 Å². The van der Waals surface area contributed by atoms with Crippen LogP contribution in [0.2, 0.25) is 0 Å². The number of carbonyl (C=O) groups is 2. The van der Waals surface area contributed by atoms with Gasteiger partial charge in [-0.05, 0) is 6.07 Å². The van der Waals surface area contributed by atoms with E-state index in [1.54, 1.807) is 19.2 Å². The zero-order valence-corrected chi connectivity index (χ0v) is 6.50. The summed E-state index contributed by atoms with van der Waals surface area (Å²) in [6.45, 7) is 0. The van der Waals surface area contributed by atoms with Gasteiger partial charge in [-0.2, -0.15) is 4.48 Å². The molecule has 12 heavy (non-hydrogen) atoms. The van der Waals surface area contributed by atoms with Crippen LogP contribution in [0.5, 0.6) is 0 Å². The molecule has 0 aliphatic carbocycles. The van der Waals surface area contributed by atoms with E-state index in [2.05, 4.69) is 0 Å². The molecule has 0 aromatic heterocycles. The van der Waals surface area contributed by atoms with E-state index >= 15 is 0 Å². The molecule has 4 rings (SSSR count). The minimum atomic E-state index is -0.152. The molecule has 58 valence electrons. The summed E-state index contributed by atoms with van der Waals surface area (Å²) in [4.78, 5) is 23.1. The first-order valence-electron chi connectivity index (χ1n) is 3.76. The summed E-state index contributed by atoms with van der Waals surface area (Å²) in [7, 11) is 1.65. The molecule has 2 amide bonds. The molecule has 0 saturated heterocycles. The van der Waals surface area contributed by atoms with Crippen LogP contribution in [0.4, 0.5) is 5.69 Å². The number of amides is 2. The summed E-state index contributed by atoms with van der Waals surface area (Å²) in [6, 6.07) is 5.38. The minimum absolute atomic E-state index is 0.0741. The highest BCUT2D eigenvalue weighted by Crippen LogP contribution is 2.42. The molecule has 3 aliphatic heterocycles. The average molecular weight is 160 g/mol. The highest BCUT2D eigenvalue weighted by atomic mass is 16.2. The van der Waals surface area contributed by atoms with Crippen LogP contribution in [0.3, 0.4) is 0 Å². The summed E-state index contributed by atoms with van der Waals surface area (Å²) >= 11 is 0. The quantitative estimate of drug-likeness (QED) is 0.418. The lowest BCUT2D eigenvalue weighted by molar-refractivity contribution is 0.0704. The molecule has 1 unspecified atom stereocenters. The Morgan fingerprint density at radius 2 is 1.75 bits per heavy atom. The monoisotopic (exact) mass is 160 g/mol. The number of hydrogen-bond acceptors (Lipinski definition) is 2. The van der Waals surface area contributed by atoms with Gasteiger partial charge in [-0.3, -0.25) is 0 Å². The highest BCUT2D eigenvalue weighted by Gasteiger charge is 2.58. The number of nitrogens with zero attached hydrogens (tertiary/aromatic N) is 1. The zero-order valence-electron chi connectivity index (χ0n) is 6.50. The van der Waals surface area contributed by atoms with Gasteiger partial charge in [-0.25, -0.2) is 9.59 Å². The van der Waals surface area contributed by atoms with Gasteiger partial charge in [0.2, 0.25) is 0 Å². The predicted octanol–water partition coefficient (Wildman–Crippen LogP) is 0.931. The van der Waals surface area contributed by atoms with Crippen LogP contribution >= 0.6 is 0 Å². The lowest BCUT2D eigenvalue weighted by atomic mass is 10.1. The number of hydrogen-bond donors (Lipinski definition) is 0. The lowest BCUT2D eigenvalue weighted by Gasteiger charge is -2.21. The van der Waals surface area contributed by atoms with E-state index < -0.39 is 0 Å². The topological polar surface area (TPSA) is 34.1 Å². The molecule has 0 spiro atoms. The first kappa shape index (κ1) is 6.08. The van der Waals surface area contributed by atoms with Crippen molar-refractivity contribution < 1.29 is 9.59 Å². The summed E-state index contributed by atoms with van der Waals surface area (Å²) in [6.07, 6.45) is 0. The molecule has 0 N–H and O–H groups in total. The van der Waals surface area contributed by atoms with Gasteiger partial charge >= 0.3 is 11.8 Å². The van der Waals surface area contributed by atoms with Crippen LogP contribution in [0.1, 0.15) is 20.7 Å². The van der Waals surface area contributed by atoms with Gasteiger partial charge in [0, 0.05) is 12.1 Å². The largest absolute Gasteiger partial charge is 0.359 e. The SMILES string of the molecule is C[N+]12C(=O)c3ccc1cc3C2=O. The minimum Gasteiger partial charge on any atom is -0.224 e. The molecule has 4 bridgehead atoms. The number of benzene rings is 1. The van der Waals surface area contributed by atoms with Gasteiger partial charge in [-0.15, -0.1) is 0 Å². The Balaban J connectivity index is 2.58. The molecule has 0 fully saturated rings. The third-order valence-corrected chi connectivity index (χ3v) is 2.79. The third-order valence-electron chi connectivity index (χ3n) is 2.79. The van der Waals surface area contributed by atoms with Crippen LogP contribution in [0, 0.1) is 0 Å². The lowest BCUT2D eigenvalue weighted by Crippen LogP contribution is -2.49. The maximum atomic E-state index is 11.6. The number of fused-ring (bicyclic) bond motifs is 1. The first-order chi connectivity index (χ1) is 5.65. The second-order valence-corrected chi connectivity index (χ2v) is 3.35. The van der Waals surface area contributed by atoms with Gasteiger partial charge in [0.05, 0.1) is 12.6 Å². The van der Waals surface area contributed by atoms with Gasteiger partial charge in [0.15, 0.2) is 0 Å². The maximum Gasteiger partial charge on any atom is 0.359 e. The fourth-order valence-corrected chi connectivity index (χ4v) is 1.98. The van der Waals surface area contributed by atoms with Crippen molar-refractivity contribution in [3.63, 3.8) is 0 Å². The van der Waals surface area contributed by atoms with Crippen molar-refractivity contribution in [1.29, 1.82) is 0 Å². The second-order valence-electron chi connectivity index (χ2n) is 3.35. The molecule has 1 atom stereocenters. The third kappa shape index (κ3) is 0.342. The fraction of sp³-hybridized carbons (Fsp3) is 0.111. The van der Waals surface area contributed by atoms with E-state index in [4.69, 9.17) is 0 Å². The van der Waals surface area contributed by atoms with Crippen molar-refractivity contribution in [2.75, 3.05) is 7.05 Å². The maximum absolute atomic E-state index is 11.6. The molecule has 3 heteroatoms. The molecule has 3 heterocycles. The van der Waals surface area contributed by atoms with E-state index in [1.165, 1.54) is 0 Å². The molecule has 1 aromatic carbocycles. The van der Waals surface area contributed by atoms with Crippen LogP contribution in [-0.2, 0) is 0 Å². The molecular formula is C9H6NO2+. The molecule has 0 saturated carbocycles. The summed E-state index contributed by atoms with van der Waals surface area (Å²) in [5.74, 6) is -0.148.